The maximum atomic E-state index is 12.5. The number of nitrogens with two attached hydrogens (primary N) is 1. The van der Waals surface area contributed by atoms with Crippen LogP contribution < -0.4 is 104 Å². The van der Waals surface area contributed by atoms with Gasteiger partial charge in [0, 0.05) is 43.0 Å². The van der Waals surface area contributed by atoms with Crippen molar-refractivity contribution in [1.29, 1.82) is 0 Å². The number of nitrogen functional groups attached to an aromatic ring is 1. The molecule has 0 saturated carbocycles. The van der Waals surface area contributed by atoms with Crippen LogP contribution in [0.3, 0.4) is 0 Å². The number of thioether (sulfide) groups is 1. The Hall–Kier alpha value is -1.08. The molecule has 0 radical (unpaired) electrons. The summed E-state index contributed by atoms with van der Waals surface area (Å²) in [5.41, 5.74) is 4.94. The first-order chi connectivity index (χ1) is 25.8. The first-order valence-corrected chi connectivity index (χ1v) is 22.4. The molecule has 308 valence electrons. The summed E-state index contributed by atoms with van der Waals surface area (Å²) in [4.78, 5) is 94.2. The number of carbonyl (C=O) groups is 3. The zero-order chi connectivity index (χ0) is 40.4. The second kappa shape index (κ2) is 25.1. The molecule has 1 aromatic rings. The number of urea groups is 1. The minimum atomic E-state index is -6.13. The van der Waals surface area contributed by atoms with Gasteiger partial charge in [-0.1, -0.05) is 24.7 Å². The first kappa shape index (κ1) is 54.9. The van der Waals surface area contributed by atoms with Crippen molar-refractivity contribution in [1.82, 2.24) is 30.8 Å². The number of carbonyl (C=O) groups excluding carboxylic acids is 3. The van der Waals surface area contributed by atoms with Gasteiger partial charge < -0.3 is 60.9 Å². The molecule has 0 spiro atoms. The Kier molecular flexibility index (Phi) is 23.8. The van der Waals surface area contributed by atoms with Crippen LogP contribution in [0.4, 0.5) is 10.6 Å². The third-order valence-electron chi connectivity index (χ3n) is 8.38. The van der Waals surface area contributed by atoms with Crippen molar-refractivity contribution in [2.75, 3.05) is 31.2 Å². The minimum absolute atomic E-state index is 0. The van der Waals surface area contributed by atoms with E-state index in [9.17, 15) is 52.7 Å². The van der Waals surface area contributed by atoms with E-state index in [1.165, 1.54) is 6.20 Å². The molecule has 3 unspecified atom stereocenters. The zero-order valence-corrected chi connectivity index (χ0v) is 35.6. The number of anilines is 1. The Bertz CT molecular complexity index is 1840. The summed E-state index contributed by atoms with van der Waals surface area (Å²) in [5, 5.41) is 22.1. The number of aromatic nitrogens is 2. The van der Waals surface area contributed by atoms with Crippen molar-refractivity contribution in [2.45, 2.75) is 93.6 Å². The van der Waals surface area contributed by atoms with Crippen LogP contribution in [0.2, 0.25) is 0 Å². The van der Waals surface area contributed by atoms with E-state index in [1.54, 1.807) is 0 Å². The van der Waals surface area contributed by atoms with Crippen LogP contribution in [-0.2, 0) is 41.2 Å². The quantitative estimate of drug-likeness (QED) is 0.0210. The topological polar surface area (TPSA) is 358 Å². The van der Waals surface area contributed by atoms with Crippen LogP contribution in [0, 0.1) is 11.8 Å². The van der Waals surface area contributed by atoms with Crippen LogP contribution in [0.15, 0.2) is 11.0 Å². The molecule has 9 atom stereocenters. The number of unbranched alkanes of at least 4 members (excludes halogenated alkanes) is 3. The third kappa shape index (κ3) is 18.5. The van der Waals surface area contributed by atoms with Crippen LogP contribution in [0.1, 0.15) is 69.6 Å². The second-order valence-corrected chi connectivity index (χ2v) is 18.2. The van der Waals surface area contributed by atoms with Crippen molar-refractivity contribution in [2.24, 2.45) is 0 Å². The van der Waals surface area contributed by atoms with Gasteiger partial charge in [0.2, 0.25) is 11.8 Å². The van der Waals surface area contributed by atoms with Gasteiger partial charge in [0.15, 0.2) is 0 Å². The number of ether oxygens (including phenoxy) is 1. The van der Waals surface area contributed by atoms with Gasteiger partial charge in [0.1, 0.15) is 18.1 Å². The van der Waals surface area contributed by atoms with E-state index in [2.05, 4.69) is 51.2 Å². The van der Waals surface area contributed by atoms with Crippen molar-refractivity contribution in [3.63, 3.8) is 0 Å². The summed E-state index contributed by atoms with van der Waals surface area (Å²) >= 11 is 1.85. The Morgan fingerprint density at radius 1 is 1.02 bits per heavy atom. The van der Waals surface area contributed by atoms with Gasteiger partial charge in [-0.25, -0.2) is 18.2 Å². The molecule has 4 heterocycles. The molecule has 1 aromatic heterocycles. The number of phosphoric acid groups is 3. The van der Waals surface area contributed by atoms with Gasteiger partial charge in [-0.3, -0.25) is 27.9 Å². The summed E-state index contributed by atoms with van der Waals surface area (Å²) in [6.45, 7) is -0.609. The van der Waals surface area contributed by atoms with E-state index >= 15 is 0 Å². The number of nitrogens with one attached hydrogen (secondary N) is 4. The molecule has 0 bridgehead atoms. The molecular weight excluding hydrogens is 836 g/mol. The van der Waals surface area contributed by atoms with Gasteiger partial charge in [-0.2, -0.15) is 16.7 Å². The number of aliphatic hydroxyl groups excluding tert-OH is 1. The first-order valence-electron chi connectivity index (χ1n) is 17.0. The summed E-state index contributed by atoms with van der Waals surface area (Å²) in [7, 11) is -17.9. The van der Waals surface area contributed by atoms with Gasteiger partial charge in [-0.05, 0) is 25.7 Å². The predicted octanol–water partition coefficient (Wildman–Crippen LogP) is -11.2. The van der Waals surface area contributed by atoms with Crippen molar-refractivity contribution in [3.8, 4) is 11.8 Å². The maximum absolute atomic E-state index is 12.5. The molecule has 0 aromatic carbocycles. The number of amides is 4. The van der Waals surface area contributed by atoms with Crippen molar-refractivity contribution < 1.29 is 127 Å². The van der Waals surface area contributed by atoms with Crippen LogP contribution >= 0.6 is 35.2 Å². The molecule has 23 nitrogen and oxygen atoms in total. The molecule has 30 heteroatoms. The van der Waals surface area contributed by atoms with Crippen molar-refractivity contribution >= 4 is 58.9 Å². The fourth-order valence-electron chi connectivity index (χ4n) is 5.82. The van der Waals surface area contributed by atoms with E-state index in [4.69, 9.17) is 15.4 Å². The van der Waals surface area contributed by atoms with Crippen molar-refractivity contribution in [3.05, 3.63) is 22.2 Å². The van der Waals surface area contributed by atoms with Crippen LogP contribution in [0.25, 0.3) is 0 Å². The number of hydrogen-bond donors (Lipinski definition) is 7. The summed E-state index contributed by atoms with van der Waals surface area (Å²) < 4.78 is 51.2. The Labute approximate surface area is 373 Å². The number of hydrogen-bond acceptors (Lipinski definition) is 18. The number of nitrogens with zero attached hydrogens (tertiary/aromatic N) is 2. The monoisotopic (exact) mass is 877 g/mol. The van der Waals surface area contributed by atoms with Gasteiger partial charge in [-0.15, -0.1) is 0 Å². The maximum Gasteiger partial charge on any atom is 1.00 e. The Balaban J connectivity index is 0.00000561. The zero-order valence-electron chi connectivity index (χ0n) is 32.1. The standard InChI is InChI=1S/C28H44N7O16P3S.3Li/c29-26-17(14-35(28(40)34-26)24-13-19(36)20(49-24)15-48-53(44,45)51-54(46,47)50-52(41,42)43)7-6-12-31-22(37)9-2-1-5-11-30-23(38)10-4-3-8-21-25-18(16-55-21)32-27(39)33-25;;;/h14,18-21,24-25,36H,1-5,8-13,15-16H2,(H,30,38)(H,31,37)(H,44,45)(H,46,47)(H2,29,34,40)(H2,32,33,39)(H2,41,42,43);;;/q;3*+1/p-3/t18-,19-,20+,21-,24+,25-;;;/m0.../s1. The van der Waals surface area contributed by atoms with Crippen LogP contribution in [0.5, 0.6) is 0 Å². The molecule has 3 fully saturated rings. The summed E-state index contributed by atoms with van der Waals surface area (Å²) in [6.07, 6.45) is 2.00. The van der Waals surface area contributed by atoms with E-state index < -0.39 is 54.2 Å². The Morgan fingerprint density at radius 2 is 1.69 bits per heavy atom. The molecule has 8 N–H and O–H groups in total. The number of aliphatic hydroxyl groups is 1. The van der Waals surface area contributed by atoms with Crippen LogP contribution in [-0.4, -0.2) is 92.4 Å². The van der Waals surface area contributed by atoms with E-state index in [-0.39, 0.29) is 117 Å². The molecule has 0 aliphatic carbocycles. The SMILES string of the molecule is Nc1nc(=O)n([C@H]2C[C@H](O)[C@@H](COP(=O)([O-])OP(=O)([O-])OP(=O)([O-])O)O2)cc1C#CCNC(=O)CCCCCNC(=O)CCCC[C@@H]1SC[C@@H]2NC(=O)N[C@@H]21.[Li+].[Li+].[Li+]. The number of fused-ring (bicyclic) bond motifs is 1. The second-order valence-electron chi connectivity index (χ2n) is 12.6. The predicted molar refractivity (Wildman–Crippen MR) is 186 cm³/mol. The van der Waals surface area contributed by atoms with Gasteiger partial charge >= 0.3 is 68.3 Å². The van der Waals surface area contributed by atoms with E-state index in [0.29, 0.717) is 37.5 Å². The molecule has 4 amide bonds. The fourth-order valence-corrected chi connectivity index (χ4v) is 10.3. The normalized spacial score (nSPS) is 24.9. The summed E-state index contributed by atoms with van der Waals surface area (Å²) in [6, 6.07) is 0.233. The van der Waals surface area contributed by atoms with Gasteiger partial charge in [0.05, 0.1) is 36.9 Å². The molecule has 4 rings (SSSR count). The number of phosphoric ester groups is 1. The van der Waals surface area contributed by atoms with E-state index in [1.807, 2.05) is 11.8 Å². The molecule has 3 saturated heterocycles. The fraction of sp³-hybridized carbons (Fsp3) is 0.679. The summed E-state index contributed by atoms with van der Waals surface area (Å²) in [5.74, 6) is 5.73. The molecule has 58 heavy (non-hydrogen) atoms. The third-order valence-corrected chi connectivity index (χ3v) is 13.6. The molecular formula is C28H41Li3N7O16P3S. The number of rotatable bonds is 20. The molecule has 3 aliphatic heterocycles. The van der Waals surface area contributed by atoms with E-state index in [0.717, 1.165) is 29.6 Å². The average Bonchev–Trinajstić information content (AvgIpc) is 3.74. The molecule has 3 aliphatic rings. The van der Waals surface area contributed by atoms with Gasteiger partial charge in [0.25, 0.3) is 23.5 Å². The Morgan fingerprint density at radius 3 is 2.38 bits per heavy atom. The minimum Gasteiger partial charge on any atom is -0.756 e. The smallest absolute Gasteiger partial charge is 0.756 e. The largest absolute Gasteiger partial charge is 1.00 e. The average molecular weight is 877 g/mol.